The van der Waals surface area contributed by atoms with Crippen molar-refractivity contribution in [2.75, 3.05) is 40.5 Å². The van der Waals surface area contributed by atoms with E-state index in [1.807, 2.05) is 31.2 Å². The highest BCUT2D eigenvalue weighted by Gasteiger charge is 2.07. The average Bonchev–Trinajstić information content (AvgIpc) is 2.50. The number of methoxy groups -OCH3 is 2. The van der Waals surface area contributed by atoms with Gasteiger partial charge in [0.1, 0.15) is 17.6 Å². The Morgan fingerprint density at radius 2 is 2.05 bits per heavy atom. The number of carbonyl (C=O) groups is 1. The van der Waals surface area contributed by atoms with Crippen molar-refractivity contribution in [1.82, 2.24) is 10.6 Å². The summed E-state index contributed by atoms with van der Waals surface area (Å²) in [5.41, 5.74) is 0. The molecule has 0 heterocycles. The molecule has 0 fully saturated rings. The molecule has 0 radical (unpaired) electrons. The van der Waals surface area contributed by atoms with Gasteiger partial charge in [-0.2, -0.15) is 0 Å². The Bertz CT molecular complexity index is 426. The summed E-state index contributed by atoms with van der Waals surface area (Å²) in [6, 6.07) is 7.38. The molecule has 1 atom stereocenters. The van der Waals surface area contributed by atoms with Gasteiger partial charge in [-0.25, -0.2) is 0 Å². The van der Waals surface area contributed by atoms with Crippen molar-refractivity contribution in [2.24, 2.45) is 0 Å². The molecule has 0 bridgehead atoms. The van der Waals surface area contributed by atoms with Gasteiger partial charge in [0, 0.05) is 19.7 Å². The van der Waals surface area contributed by atoms with Crippen molar-refractivity contribution < 1.29 is 19.0 Å². The molecule has 1 amide bonds. The van der Waals surface area contributed by atoms with Gasteiger partial charge in [0.25, 0.3) is 0 Å². The SMILES string of the molecule is COCCNCC(=O)NCC(C)Oc1cccc(OC)c1. The second-order valence-electron chi connectivity index (χ2n) is 4.58. The number of nitrogens with one attached hydrogen (secondary N) is 2. The van der Waals surface area contributed by atoms with Crippen LogP contribution in [0.5, 0.6) is 11.5 Å². The molecule has 1 unspecified atom stereocenters. The van der Waals surface area contributed by atoms with E-state index in [2.05, 4.69) is 10.6 Å². The molecule has 2 N–H and O–H groups in total. The van der Waals surface area contributed by atoms with Crippen LogP contribution in [0, 0.1) is 0 Å². The Labute approximate surface area is 125 Å². The van der Waals surface area contributed by atoms with Crippen molar-refractivity contribution in [3.8, 4) is 11.5 Å². The normalized spacial score (nSPS) is 11.8. The molecule has 0 aliphatic carbocycles. The first-order valence-electron chi connectivity index (χ1n) is 6.92. The number of ether oxygens (including phenoxy) is 3. The smallest absolute Gasteiger partial charge is 0.234 e. The summed E-state index contributed by atoms with van der Waals surface area (Å²) in [5.74, 6) is 1.40. The van der Waals surface area contributed by atoms with Crippen LogP contribution in [-0.4, -0.2) is 52.5 Å². The molecule has 1 aromatic rings. The van der Waals surface area contributed by atoms with Crippen LogP contribution in [0.3, 0.4) is 0 Å². The lowest BCUT2D eigenvalue weighted by atomic mass is 10.3. The number of benzene rings is 1. The van der Waals surface area contributed by atoms with E-state index in [4.69, 9.17) is 14.2 Å². The minimum atomic E-state index is -0.125. The molecule has 0 saturated heterocycles. The van der Waals surface area contributed by atoms with Crippen LogP contribution in [0.2, 0.25) is 0 Å². The summed E-state index contributed by atoms with van der Waals surface area (Å²) in [6.45, 7) is 3.86. The predicted octanol–water partition coefficient (Wildman–Crippen LogP) is 0.815. The van der Waals surface area contributed by atoms with Gasteiger partial charge in [0.05, 0.1) is 26.8 Å². The van der Waals surface area contributed by atoms with Crippen molar-refractivity contribution >= 4 is 5.91 Å². The van der Waals surface area contributed by atoms with Gasteiger partial charge in [-0.1, -0.05) is 6.07 Å². The van der Waals surface area contributed by atoms with Gasteiger partial charge >= 0.3 is 0 Å². The Balaban J connectivity index is 2.23. The topological polar surface area (TPSA) is 68.8 Å². The van der Waals surface area contributed by atoms with E-state index in [-0.39, 0.29) is 18.6 Å². The largest absolute Gasteiger partial charge is 0.497 e. The molecule has 0 spiro atoms. The van der Waals surface area contributed by atoms with Crippen LogP contribution < -0.4 is 20.1 Å². The van der Waals surface area contributed by atoms with E-state index >= 15 is 0 Å². The number of hydrogen-bond acceptors (Lipinski definition) is 5. The fraction of sp³-hybridized carbons (Fsp3) is 0.533. The van der Waals surface area contributed by atoms with E-state index in [0.29, 0.717) is 25.4 Å². The van der Waals surface area contributed by atoms with Crippen molar-refractivity contribution in [2.45, 2.75) is 13.0 Å². The molecule has 0 aromatic heterocycles. The third kappa shape index (κ3) is 7.53. The fourth-order valence-electron chi connectivity index (χ4n) is 1.64. The first-order valence-corrected chi connectivity index (χ1v) is 6.92. The third-order valence-corrected chi connectivity index (χ3v) is 2.73. The fourth-order valence-corrected chi connectivity index (χ4v) is 1.64. The Morgan fingerprint density at radius 3 is 2.76 bits per heavy atom. The summed E-state index contributed by atoms with van der Waals surface area (Å²) in [5, 5.41) is 5.79. The monoisotopic (exact) mass is 296 g/mol. The number of rotatable bonds is 10. The number of amides is 1. The van der Waals surface area contributed by atoms with E-state index in [1.165, 1.54) is 0 Å². The molecule has 118 valence electrons. The zero-order chi connectivity index (χ0) is 15.5. The van der Waals surface area contributed by atoms with E-state index in [9.17, 15) is 4.79 Å². The van der Waals surface area contributed by atoms with E-state index in [0.717, 1.165) is 5.75 Å². The third-order valence-electron chi connectivity index (χ3n) is 2.73. The minimum absolute atomic E-state index is 0.0628. The zero-order valence-electron chi connectivity index (χ0n) is 12.8. The van der Waals surface area contributed by atoms with Crippen molar-refractivity contribution in [3.05, 3.63) is 24.3 Å². The van der Waals surface area contributed by atoms with Gasteiger partial charge < -0.3 is 24.8 Å². The van der Waals surface area contributed by atoms with Gasteiger partial charge in [-0.15, -0.1) is 0 Å². The summed E-state index contributed by atoms with van der Waals surface area (Å²) in [6.07, 6.45) is -0.125. The van der Waals surface area contributed by atoms with Crippen LogP contribution in [0.15, 0.2) is 24.3 Å². The predicted molar refractivity (Wildman–Crippen MR) is 80.8 cm³/mol. The summed E-state index contributed by atoms with van der Waals surface area (Å²) >= 11 is 0. The lowest BCUT2D eigenvalue weighted by molar-refractivity contribution is -0.120. The first kappa shape index (κ1) is 17.3. The van der Waals surface area contributed by atoms with Crippen LogP contribution in [0.25, 0.3) is 0 Å². The van der Waals surface area contributed by atoms with Gasteiger partial charge in [0.2, 0.25) is 5.91 Å². The second kappa shape index (κ2) is 10.0. The first-order chi connectivity index (χ1) is 10.2. The number of carbonyl (C=O) groups excluding carboxylic acids is 1. The highest BCUT2D eigenvalue weighted by Crippen LogP contribution is 2.19. The van der Waals surface area contributed by atoms with Crippen molar-refractivity contribution in [3.63, 3.8) is 0 Å². The molecule has 0 aliphatic rings. The van der Waals surface area contributed by atoms with Crippen LogP contribution in [0.1, 0.15) is 6.92 Å². The summed E-state index contributed by atoms with van der Waals surface area (Å²) < 4.78 is 15.7. The maximum absolute atomic E-state index is 11.6. The molecule has 6 heteroatoms. The Morgan fingerprint density at radius 1 is 1.29 bits per heavy atom. The van der Waals surface area contributed by atoms with E-state index in [1.54, 1.807) is 14.2 Å². The van der Waals surface area contributed by atoms with Gasteiger partial charge in [-0.3, -0.25) is 4.79 Å². The molecular formula is C15H24N2O4. The molecule has 1 aromatic carbocycles. The maximum Gasteiger partial charge on any atom is 0.234 e. The Hall–Kier alpha value is -1.79. The molecule has 6 nitrogen and oxygen atoms in total. The maximum atomic E-state index is 11.6. The van der Waals surface area contributed by atoms with Gasteiger partial charge in [-0.05, 0) is 19.1 Å². The standard InChI is InChI=1S/C15H24N2O4/c1-12(10-17-15(18)11-16-7-8-19-2)21-14-6-4-5-13(9-14)20-3/h4-6,9,12,16H,7-8,10-11H2,1-3H3,(H,17,18). The summed E-state index contributed by atoms with van der Waals surface area (Å²) in [7, 11) is 3.23. The quantitative estimate of drug-likeness (QED) is 0.626. The van der Waals surface area contributed by atoms with Crippen LogP contribution in [0.4, 0.5) is 0 Å². The molecule has 1 rings (SSSR count). The lowest BCUT2D eigenvalue weighted by Gasteiger charge is -2.16. The van der Waals surface area contributed by atoms with Crippen LogP contribution >= 0.6 is 0 Å². The molecule has 0 saturated carbocycles. The van der Waals surface area contributed by atoms with Gasteiger partial charge in [0.15, 0.2) is 0 Å². The van der Waals surface area contributed by atoms with Crippen LogP contribution in [-0.2, 0) is 9.53 Å². The minimum Gasteiger partial charge on any atom is -0.497 e. The average molecular weight is 296 g/mol. The summed E-state index contributed by atoms with van der Waals surface area (Å²) in [4.78, 5) is 11.6. The second-order valence-corrected chi connectivity index (χ2v) is 4.58. The molecular weight excluding hydrogens is 272 g/mol. The molecule has 0 aliphatic heterocycles. The highest BCUT2D eigenvalue weighted by atomic mass is 16.5. The molecule has 21 heavy (non-hydrogen) atoms. The van der Waals surface area contributed by atoms with Crippen molar-refractivity contribution in [1.29, 1.82) is 0 Å². The highest BCUT2D eigenvalue weighted by molar-refractivity contribution is 5.77. The Kier molecular flexibility index (Phi) is 8.23. The number of hydrogen-bond donors (Lipinski definition) is 2. The lowest BCUT2D eigenvalue weighted by Crippen LogP contribution is -2.39. The zero-order valence-corrected chi connectivity index (χ0v) is 12.8. The van der Waals surface area contributed by atoms with E-state index < -0.39 is 0 Å².